The van der Waals surface area contributed by atoms with Crippen LogP contribution in [-0.4, -0.2) is 17.1 Å². The van der Waals surface area contributed by atoms with Crippen LogP contribution in [0.1, 0.15) is 5.56 Å². The van der Waals surface area contributed by atoms with E-state index in [4.69, 9.17) is 5.73 Å². The minimum Gasteiger partial charge on any atom is -0.383 e. The second kappa shape index (κ2) is 7.01. The van der Waals surface area contributed by atoms with Crippen LogP contribution in [0, 0.1) is 11.7 Å². The van der Waals surface area contributed by atoms with Crippen LogP contribution in [0.15, 0.2) is 88.4 Å². The highest BCUT2D eigenvalue weighted by atomic mass is 32.2. The lowest BCUT2D eigenvalue weighted by atomic mass is 9.93. The van der Waals surface area contributed by atoms with Crippen LogP contribution in [0.25, 0.3) is 27.7 Å². The number of rotatable bonds is 3. The smallest absolute Gasteiger partial charge is 0.157 e. The summed E-state index contributed by atoms with van der Waals surface area (Å²) in [5, 5.41) is 0.769. The molecule has 1 unspecified atom stereocenters. The molecule has 2 aromatic carbocycles. The number of halogens is 1. The number of aromatic nitrogens is 1. The molecule has 0 bridgehead atoms. The molecule has 0 saturated carbocycles. The van der Waals surface area contributed by atoms with Crippen molar-refractivity contribution in [1.82, 2.24) is 4.98 Å². The van der Waals surface area contributed by atoms with Gasteiger partial charge in [-0.05, 0) is 28.9 Å². The largest absolute Gasteiger partial charge is 0.383 e. The molecule has 5 heteroatoms. The molecule has 1 atom stereocenters. The number of pyridine rings is 1. The zero-order valence-corrected chi connectivity index (χ0v) is 16.6. The van der Waals surface area contributed by atoms with Crippen molar-refractivity contribution >= 4 is 34.1 Å². The first kappa shape index (κ1) is 17.9. The van der Waals surface area contributed by atoms with E-state index in [9.17, 15) is 0 Å². The number of hydrogen-bond acceptors (Lipinski definition) is 4. The predicted molar refractivity (Wildman–Crippen MR) is 120 cm³/mol. The summed E-state index contributed by atoms with van der Waals surface area (Å²) in [5.74, 6) is 0.150. The highest BCUT2D eigenvalue weighted by molar-refractivity contribution is 8.02. The SMILES string of the molecule is CSC1=CC(c2ccc3ccc(-c4ccccc4)nc3c2F)=C2C(N)=NC=CC12. The molecular formula is C24H18FN3S. The first-order valence-electron chi connectivity index (χ1n) is 9.32. The number of benzene rings is 2. The maximum absolute atomic E-state index is 15.7. The van der Waals surface area contributed by atoms with Gasteiger partial charge in [0, 0.05) is 34.2 Å². The van der Waals surface area contributed by atoms with Gasteiger partial charge in [-0.3, -0.25) is 0 Å². The van der Waals surface area contributed by atoms with E-state index in [0.29, 0.717) is 16.9 Å². The lowest BCUT2D eigenvalue weighted by Crippen LogP contribution is -2.22. The van der Waals surface area contributed by atoms with Crippen molar-refractivity contribution in [2.24, 2.45) is 16.6 Å². The summed E-state index contributed by atoms with van der Waals surface area (Å²) < 4.78 is 15.7. The normalized spacial score (nSPS) is 18.1. The van der Waals surface area contributed by atoms with Crippen LogP contribution in [0.2, 0.25) is 0 Å². The van der Waals surface area contributed by atoms with E-state index in [2.05, 4.69) is 9.98 Å². The van der Waals surface area contributed by atoms with E-state index in [1.165, 1.54) is 0 Å². The molecular weight excluding hydrogens is 381 g/mol. The molecule has 2 N–H and O–H groups in total. The fourth-order valence-electron chi connectivity index (χ4n) is 3.93. The van der Waals surface area contributed by atoms with Gasteiger partial charge in [-0.15, -0.1) is 11.8 Å². The summed E-state index contributed by atoms with van der Waals surface area (Å²) >= 11 is 1.65. The maximum atomic E-state index is 15.7. The molecule has 5 rings (SSSR count). The Morgan fingerprint density at radius 1 is 1.03 bits per heavy atom. The number of fused-ring (bicyclic) bond motifs is 2. The highest BCUT2D eigenvalue weighted by Crippen LogP contribution is 2.44. The van der Waals surface area contributed by atoms with Crippen LogP contribution >= 0.6 is 11.8 Å². The maximum Gasteiger partial charge on any atom is 0.157 e. The zero-order chi connectivity index (χ0) is 20.0. The third-order valence-electron chi connectivity index (χ3n) is 5.36. The van der Waals surface area contributed by atoms with Gasteiger partial charge >= 0.3 is 0 Å². The Balaban J connectivity index is 1.71. The third-order valence-corrected chi connectivity index (χ3v) is 6.20. The van der Waals surface area contributed by atoms with Crippen LogP contribution in [0.4, 0.5) is 4.39 Å². The molecule has 1 aromatic heterocycles. The van der Waals surface area contributed by atoms with Crippen molar-refractivity contribution in [2.75, 3.05) is 6.26 Å². The molecule has 1 aliphatic carbocycles. The Hall–Kier alpha value is -3.18. The zero-order valence-electron chi connectivity index (χ0n) is 15.8. The molecule has 0 saturated heterocycles. The minimum atomic E-state index is -0.331. The number of aliphatic imine (C=N–C) groups is 1. The van der Waals surface area contributed by atoms with Crippen LogP contribution < -0.4 is 5.73 Å². The quantitative estimate of drug-likeness (QED) is 0.628. The van der Waals surface area contributed by atoms with E-state index in [-0.39, 0.29) is 11.7 Å². The molecule has 1 aliphatic heterocycles. The van der Waals surface area contributed by atoms with Gasteiger partial charge in [0.1, 0.15) is 11.4 Å². The second-order valence-corrected chi connectivity index (χ2v) is 7.85. The fourth-order valence-corrected chi connectivity index (χ4v) is 4.61. The average molecular weight is 399 g/mol. The van der Waals surface area contributed by atoms with Gasteiger partial charge in [-0.1, -0.05) is 54.6 Å². The van der Waals surface area contributed by atoms with E-state index >= 15 is 4.39 Å². The molecule has 0 radical (unpaired) electrons. The molecule has 142 valence electrons. The standard InChI is InChI=1S/C24H18FN3S/c1-29-20-13-18(21-17(20)11-12-27-24(21)26)16-9-7-15-8-10-19(28-23(15)22(16)25)14-5-3-2-4-6-14/h2-13,17H,1H3,(H2,26,27). The summed E-state index contributed by atoms with van der Waals surface area (Å²) in [6, 6.07) is 17.4. The molecule has 2 aliphatic rings. The molecule has 3 aromatic rings. The highest BCUT2D eigenvalue weighted by Gasteiger charge is 2.31. The van der Waals surface area contributed by atoms with Gasteiger partial charge < -0.3 is 5.73 Å². The monoisotopic (exact) mass is 399 g/mol. The number of allylic oxidation sites excluding steroid dienone is 4. The number of nitrogens with zero attached hydrogens (tertiary/aromatic N) is 2. The van der Waals surface area contributed by atoms with Gasteiger partial charge in [0.05, 0.1) is 5.69 Å². The van der Waals surface area contributed by atoms with Gasteiger partial charge in [0.25, 0.3) is 0 Å². The van der Waals surface area contributed by atoms with Crippen LogP contribution in [0.5, 0.6) is 0 Å². The van der Waals surface area contributed by atoms with Crippen LogP contribution in [0.3, 0.4) is 0 Å². The number of nitrogens with two attached hydrogens (primary N) is 1. The minimum absolute atomic E-state index is 0.0382. The first-order chi connectivity index (χ1) is 14.2. The Bertz CT molecular complexity index is 1260. The fraction of sp³-hybridized carbons (Fsp3) is 0.0833. The van der Waals surface area contributed by atoms with Crippen molar-refractivity contribution in [2.45, 2.75) is 0 Å². The van der Waals surface area contributed by atoms with E-state index in [1.807, 2.05) is 73.0 Å². The summed E-state index contributed by atoms with van der Waals surface area (Å²) in [6.07, 6.45) is 7.77. The summed E-state index contributed by atoms with van der Waals surface area (Å²) in [5.41, 5.74) is 10.4. The van der Waals surface area contributed by atoms with Crippen molar-refractivity contribution < 1.29 is 4.39 Å². The number of hydrogen-bond donors (Lipinski definition) is 1. The molecule has 0 amide bonds. The van der Waals surface area contributed by atoms with Crippen molar-refractivity contribution in [1.29, 1.82) is 0 Å². The Morgan fingerprint density at radius 3 is 2.62 bits per heavy atom. The summed E-state index contributed by atoms with van der Waals surface area (Å²) in [6.45, 7) is 0. The molecule has 0 spiro atoms. The van der Waals surface area contributed by atoms with E-state index in [1.54, 1.807) is 18.0 Å². The van der Waals surface area contributed by atoms with Gasteiger partial charge in [-0.2, -0.15) is 0 Å². The van der Waals surface area contributed by atoms with Crippen LogP contribution in [-0.2, 0) is 0 Å². The Kier molecular flexibility index (Phi) is 4.32. The summed E-state index contributed by atoms with van der Waals surface area (Å²) in [7, 11) is 0. The molecule has 29 heavy (non-hydrogen) atoms. The van der Waals surface area contributed by atoms with Crippen molar-refractivity contribution in [3.05, 3.63) is 94.8 Å². The number of amidine groups is 1. The van der Waals surface area contributed by atoms with Crippen molar-refractivity contribution in [3.8, 4) is 11.3 Å². The van der Waals surface area contributed by atoms with E-state index < -0.39 is 0 Å². The van der Waals surface area contributed by atoms with Gasteiger partial charge in [0.2, 0.25) is 0 Å². The van der Waals surface area contributed by atoms with Gasteiger partial charge in [0.15, 0.2) is 5.82 Å². The Morgan fingerprint density at radius 2 is 1.83 bits per heavy atom. The first-order valence-corrected chi connectivity index (χ1v) is 10.5. The predicted octanol–water partition coefficient (Wildman–Crippen LogP) is 5.56. The lowest BCUT2D eigenvalue weighted by molar-refractivity contribution is 0.633. The molecule has 2 heterocycles. The van der Waals surface area contributed by atoms with E-state index in [0.717, 1.165) is 32.7 Å². The summed E-state index contributed by atoms with van der Waals surface area (Å²) in [4.78, 5) is 10.0. The Labute approximate surface area is 172 Å². The lowest BCUT2D eigenvalue weighted by Gasteiger charge is -2.18. The topological polar surface area (TPSA) is 51.3 Å². The second-order valence-electron chi connectivity index (χ2n) is 6.97. The van der Waals surface area contributed by atoms with Gasteiger partial charge in [-0.25, -0.2) is 14.4 Å². The van der Waals surface area contributed by atoms with Crippen molar-refractivity contribution in [3.63, 3.8) is 0 Å². The third kappa shape index (κ3) is 2.89. The molecule has 0 fully saturated rings. The number of thioether (sulfide) groups is 1. The molecule has 3 nitrogen and oxygen atoms in total. The average Bonchev–Trinajstić information content (AvgIpc) is 3.14.